The molecule has 6 heteroatoms. The summed E-state index contributed by atoms with van der Waals surface area (Å²) in [6.07, 6.45) is -4.24. The van der Waals surface area contributed by atoms with Gasteiger partial charge in [0.1, 0.15) is 18.3 Å². The van der Waals surface area contributed by atoms with Gasteiger partial charge in [-0.3, -0.25) is 0 Å². The van der Waals surface area contributed by atoms with Crippen molar-refractivity contribution in [3.8, 4) is 0 Å². The Hall–Kier alpha value is -0.110. The van der Waals surface area contributed by atoms with Crippen molar-refractivity contribution in [2.45, 2.75) is 24.4 Å². The van der Waals surface area contributed by atoms with E-state index in [1.54, 1.807) is 0 Å². The van der Waals surface area contributed by atoms with Gasteiger partial charge in [0.25, 0.3) is 0 Å². The summed E-state index contributed by atoms with van der Waals surface area (Å²) in [4.78, 5) is 0. The fraction of sp³-hybridized carbons (Fsp3) is 0.833. The zero-order valence-corrected chi connectivity index (χ0v) is 7.18. The molecule has 0 saturated heterocycles. The molecular weight excluding hydrogens is 182 g/mol. The Morgan fingerprint density at radius 3 is 2.08 bits per heavy atom. The standard InChI is InChI=1S/C6H13NO4S/c7-3(2-12)5(10)6(11)4(9)1-8/h2-6,8-11H,1,7H2/t3-,4-,5-,6-/m0/s1. The number of hydrogen-bond acceptors (Lipinski definition) is 6. The first-order valence-corrected chi connectivity index (χ1v) is 3.87. The Bertz CT molecular complexity index is 146. The fourth-order valence-electron chi connectivity index (χ4n) is 0.644. The van der Waals surface area contributed by atoms with E-state index in [1.165, 1.54) is 0 Å². The lowest BCUT2D eigenvalue weighted by atomic mass is 10.0. The Kier molecular flexibility index (Phi) is 5.47. The maximum atomic E-state index is 9.14. The van der Waals surface area contributed by atoms with E-state index in [2.05, 4.69) is 12.2 Å². The summed E-state index contributed by atoms with van der Waals surface area (Å²) in [5, 5.41) is 36.6. The minimum Gasteiger partial charge on any atom is -0.394 e. The lowest BCUT2D eigenvalue weighted by Crippen LogP contribution is -2.49. The number of aliphatic hydroxyl groups excluding tert-OH is 4. The van der Waals surface area contributed by atoms with Crippen molar-refractivity contribution in [2.75, 3.05) is 6.61 Å². The molecule has 0 aliphatic carbocycles. The Morgan fingerprint density at radius 2 is 1.75 bits per heavy atom. The third-order valence-electron chi connectivity index (χ3n) is 1.48. The molecule has 0 heterocycles. The van der Waals surface area contributed by atoms with Gasteiger partial charge in [-0.2, -0.15) is 0 Å². The molecule has 0 saturated carbocycles. The van der Waals surface area contributed by atoms with E-state index in [0.717, 1.165) is 5.37 Å². The molecule has 0 amide bonds. The second-order valence-electron chi connectivity index (χ2n) is 2.44. The molecule has 0 bridgehead atoms. The maximum absolute atomic E-state index is 9.14. The summed E-state index contributed by atoms with van der Waals surface area (Å²) < 4.78 is 0. The van der Waals surface area contributed by atoms with Crippen LogP contribution in [0.5, 0.6) is 0 Å². The lowest BCUT2D eigenvalue weighted by molar-refractivity contribution is -0.0770. The van der Waals surface area contributed by atoms with Gasteiger partial charge in [0, 0.05) is 0 Å². The van der Waals surface area contributed by atoms with Crippen molar-refractivity contribution >= 4 is 17.6 Å². The molecule has 0 rings (SSSR count). The van der Waals surface area contributed by atoms with Crippen LogP contribution in [-0.4, -0.2) is 56.8 Å². The quantitative estimate of drug-likeness (QED) is 0.308. The van der Waals surface area contributed by atoms with Crippen molar-refractivity contribution in [1.82, 2.24) is 0 Å². The summed E-state index contributed by atoms with van der Waals surface area (Å²) >= 11 is 4.43. The number of rotatable bonds is 5. The van der Waals surface area contributed by atoms with Gasteiger partial charge in [-0.15, -0.1) is 0 Å². The van der Waals surface area contributed by atoms with E-state index in [-0.39, 0.29) is 0 Å². The Morgan fingerprint density at radius 1 is 1.25 bits per heavy atom. The Balaban J connectivity index is 4.07. The molecule has 0 aromatic heterocycles. The molecule has 6 N–H and O–H groups in total. The number of thiocarbonyl (C=S) groups is 1. The van der Waals surface area contributed by atoms with Crippen molar-refractivity contribution in [1.29, 1.82) is 0 Å². The minimum absolute atomic E-state index is 0.637. The molecule has 12 heavy (non-hydrogen) atoms. The highest BCUT2D eigenvalue weighted by Crippen LogP contribution is 2.02. The first-order valence-electron chi connectivity index (χ1n) is 3.40. The van der Waals surface area contributed by atoms with Crippen LogP contribution in [0.2, 0.25) is 0 Å². The van der Waals surface area contributed by atoms with Crippen LogP contribution in [0.15, 0.2) is 0 Å². The van der Waals surface area contributed by atoms with Crippen LogP contribution in [0.1, 0.15) is 0 Å². The fourth-order valence-corrected chi connectivity index (χ4v) is 0.805. The van der Waals surface area contributed by atoms with Crippen LogP contribution in [0.3, 0.4) is 0 Å². The van der Waals surface area contributed by atoms with Gasteiger partial charge in [-0.25, -0.2) is 0 Å². The molecule has 0 aromatic carbocycles. The third kappa shape index (κ3) is 3.10. The monoisotopic (exact) mass is 195 g/mol. The van der Waals surface area contributed by atoms with Gasteiger partial charge in [-0.1, -0.05) is 12.2 Å². The molecule has 0 aromatic rings. The second kappa shape index (κ2) is 5.52. The van der Waals surface area contributed by atoms with Crippen LogP contribution >= 0.6 is 12.2 Å². The largest absolute Gasteiger partial charge is 0.394 e. The summed E-state index contributed by atoms with van der Waals surface area (Å²) in [5.74, 6) is 0. The molecule has 0 spiro atoms. The topological polar surface area (TPSA) is 107 Å². The summed E-state index contributed by atoms with van der Waals surface area (Å²) in [6, 6.07) is -0.892. The van der Waals surface area contributed by atoms with E-state index < -0.39 is 31.0 Å². The Labute approximate surface area is 75.4 Å². The van der Waals surface area contributed by atoms with E-state index in [1.807, 2.05) is 0 Å². The average Bonchev–Trinajstić information content (AvgIpc) is 2.12. The van der Waals surface area contributed by atoms with Crippen molar-refractivity contribution < 1.29 is 20.4 Å². The molecule has 0 aliphatic rings. The predicted molar refractivity (Wildman–Crippen MR) is 46.7 cm³/mol. The molecule has 0 radical (unpaired) electrons. The second-order valence-corrected chi connectivity index (χ2v) is 2.72. The van der Waals surface area contributed by atoms with Gasteiger partial charge in [0.15, 0.2) is 0 Å². The van der Waals surface area contributed by atoms with Crippen LogP contribution < -0.4 is 5.73 Å². The van der Waals surface area contributed by atoms with Gasteiger partial charge in [-0.05, 0) is 5.37 Å². The smallest absolute Gasteiger partial charge is 0.110 e. The number of aliphatic hydroxyl groups is 4. The molecule has 5 nitrogen and oxygen atoms in total. The van der Waals surface area contributed by atoms with Gasteiger partial charge in [0.2, 0.25) is 0 Å². The van der Waals surface area contributed by atoms with Gasteiger partial charge >= 0.3 is 0 Å². The first-order chi connectivity index (χ1) is 5.54. The zero-order chi connectivity index (χ0) is 9.72. The molecule has 4 atom stereocenters. The van der Waals surface area contributed by atoms with Gasteiger partial charge in [0.05, 0.1) is 12.6 Å². The van der Waals surface area contributed by atoms with E-state index >= 15 is 0 Å². The number of hydrogen-bond donors (Lipinski definition) is 5. The SMILES string of the molecule is N[C@@H](C=S)[C@H](O)[C@@H](O)[C@@H](O)CO. The van der Waals surface area contributed by atoms with Crippen LogP contribution in [0, 0.1) is 0 Å². The maximum Gasteiger partial charge on any atom is 0.110 e. The van der Waals surface area contributed by atoms with Crippen molar-refractivity contribution in [3.05, 3.63) is 0 Å². The zero-order valence-electron chi connectivity index (χ0n) is 6.37. The van der Waals surface area contributed by atoms with E-state index in [4.69, 9.17) is 26.2 Å². The third-order valence-corrected chi connectivity index (χ3v) is 1.80. The van der Waals surface area contributed by atoms with Crippen LogP contribution in [-0.2, 0) is 0 Å². The van der Waals surface area contributed by atoms with E-state index in [9.17, 15) is 0 Å². The van der Waals surface area contributed by atoms with Crippen LogP contribution in [0.4, 0.5) is 0 Å². The van der Waals surface area contributed by atoms with Crippen molar-refractivity contribution in [3.63, 3.8) is 0 Å². The highest BCUT2D eigenvalue weighted by molar-refractivity contribution is 7.79. The predicted octanol–water partition coefficient (Wildman–Crippen LogP) is -2.61. The van der Waals surface area contributed by atoms with Crippen LogP contribution in [0.25, 0.3) is 0 Å². The van der Waals surface area contributed by atoms with E-state index in [0.29, 0.717) is 0 Å². The average molecular weight is 195 g/mol. The molecule has 0 aliphatic heterocycles. The number of nitrogens with two attached hydrogens (primary N) is 1. The molecule has 72 valence electrons. The van der Waals surface area contributed by atoms with Crippen molar-refractivity contribution in [2.24, 2.45) is 5.73 Å². The summed E-state index contributed by atoms with van der Waals surface area (Å²) in [7, 11) is 0. The molecular formula is C6H13NO4S. The molecule has 0 fully saturated rings. The minimum atomic E-state index is -1.48. The highest BCUT2D eigenvalue weighted by Gasteiger charge is 2.27. The molecule has 0 unspecified atom stereocenters. The first kappa shape index (κ1) is 11.9. The summed E-state index contributed by atoms with van der Waals surface area (Å²) in [5.41, 5.74) is 5.25. The van der Waals surface area contributed by atoms with Gasteiger partial charge < -0.3 is 26.2 Å². The lowest BCUT2D eigenvalue weighted by Gasteiger charge is -2.23. The highest BCUT2D eigenvalue weighted by atomic mass is 32.1. The normalized spacial score (nSPS) is 21.1. The summed E-state index contributed by atoms with van der Waals surface area (Å²) in [6.45, 7) is -0.637.